The molecule has 2 N–H and O–H groups in total. The highest BCUT2D eigenvalue weighted by Crippen LogP contribution is 2.27. The van der Waals surface area contributed by atoms with E-state index in [1.165, 1.54) is 0 Å². The van der Waals surface area contributed by atoms with Crippen LogP contribution in [0.25, 0.3) is 10.8 Å². The average Bonchev–Trinajstić information content (AvgIpc) is 2.53. The van der Waals surface area contributed by atoms with Crippen LogP contribution < -0.4 is 5.32 Å². The molecule has 0 aromatic heterocycles. The number of phenols is 1. The van der Waals surface area contributed by atoms with Crippen LogP contribution >= 0.6 is 15.9 Å². The fourth-order valence-electron chi connectivity index (χ4n) is 2.37. The van der Waals surface area contributed by atoms with E-state index in [-0.39, 0.29) is 11.7 Å². The Kier molecular flexibility index (Phi) is 3.86. The van der Waals surface area contributed by atoms with E-state index in [1.54, 1.807) is 12.1 Å². The van der Waals surface area contributed by atoms with Gasteiger partial charge in [-0.2, -0.15) is 0 Å². The summed E-state index contributed by atoms with van der Waals surface area (Å²) in [4.78, 5) is 12.4. The summed E-state index contributed by atoms with van der Waals surface area (Å²) in [5.41, 5.74) is 2.12. The molecular formula is C18H14BrNO2. The zero-order valence-corrected chi connectivity index (χ0v) is 13.5. The van der Waals surface area contributed by atoms with Gasteiger partial charge < -0.3 is 10.4 Å². The Bertz CT molecular complexity index is 874. The molecule has 0 heterocycles. The second-order valence-electron chi connectivity index (χ2n) is 5.08. The number of hydrogen-bond acceptors (Lipinski definition) is 2. The van der Waals surface area contributed by atoms with Crippen molar-refractivity contribution < 1.29 is 9.90 Å². The van der Waals surface area contributed by atoms with Crippen LogP contribution in [0, 0.1) is 6.92 Å². The summed E-state index contributed by atoms with van der Waals surface area (Å²) in [7, 11) is 0. The second-order valence-corrected chi connectivity index (χ2v) is 5.93. The number of carbonyl (C=O) groups excluding carboxylic acids is 1. The van der Waals surface area contributed by atoms with Gasteiger partial charge in [0.2, 0.25) is 0 Å². The van der Waals surface area contributed by atoms with E-state index >= 15 is 0 Å². The monoisotopic (exact) mass is 355 g/mol. The first-order chi connectivity index (χ1) is 10.6. The quantitative estimate of drug-likeness (QED) is 0.688. The highest BCUT2D eigenvalue weighted by molar-refractivity contribution is 9.10. The first-order valence-corrected chi connectivity index (χ1v) is 7.64. The van der Waals surface area contributed by atoms with Crippen molar-refractivity contribution >= 4 is 38.3 Å². The fourth-order valence-corrected chi connectivity index (χ4v) is 2.76. The Morgan fingerprint density at radius 2 is 1.86 bits per heavy atom. The summed E-state index contributed by atoms with van der Waals surface area (Å²) in [5.74, 6) is 0.0949. The average molecular weight is 356 g/mol. The molecule has 0 saturated heterocycles. The van der Waals surface area contributed by atoms with Crippen LogP contribution in [-0.2, 0) is 0 Å². The van der Waals surface area contributed by atoms with Crippen LogP contribution in [0.4, 0.5) is 5.69 Å². The summed E-state index contributed by atoms with van der Waals surface area (Å²) in [6, 6.07) is 16.4. The number of rotatable bonds is 2. The van der Waals surface area contributed by atoms with E-state index in [9.17, 15) is 9.90 Å². The number of anilines is 1. The summed E-state index contributed by atoms with van der Waals surface area (Å²) >= 11 is 3.41. The van der Waals surface area contributed by atoms with Gasteiger partial charge in [0.15, 0.2) is 0 Å². The van der Waals surface area contributed by atoms with Crippen molar-refractivity contribution in [2.24, 2.45) is 0 Å². The highest BCUT2D eigenvalue weighted by Gasteiger charge is 2.10. The molecule has 1 amide bonds. The van der Waals surface area contributed by atoms with Gasteiger partial charge in [-0.1, -0.05) is 24.3 Å². The summed E-state index contributed by atoms with van der Waals surface area (Å²) in [5, 5.41) is 14.5. The molecule has 0 fully saturated rings. The minimum absolute atomic E-state index is 0.167. The van der Waals surface area contributed by atoms with Crippen molar-refractivity contribution in [2.75, 3.05) is 5.32 Å². The molecule has 0 bridgehead atoms. The molecule has 3 aromatic carbocycles. The van der Waals surface area contributed by atoms with Crippen LogP contribution in [-0.4, -0.2) is 11.0 Å². The fraction of sp³-hybridized carbons (Fsp3) is 0.0556. The van der Waals surface area contributed by atoms with Gasteiger partial charge in [0.25, 0.3) is 5.91 Å². The molecule has 0 aliphatic rings. The lowest BCUT2D eigenvalue weighted by Gasteiger charge is -2.09. The maximum Gasteiger partial charge on any atom is 0.255 e. The lowest BCUT2D eigenvalue weighted by atomic mass is 10.0. The SMILES string of the molecule is Cc1c(O)ccc2cc(C(=O)Nc3ccccc3Br)ccc12. The lowest BCUT2D eigenvalue weighted by molar-refractivity contribution is 0.102. The molecule has 110 valence electrons. The summed E-state index contributed by atoms with van der Waals surface area (Å²) in [6.07, 6.45) is 0. The Hall–Kier alpha value is -2.33. The second kappa shape index (κ2) is 5.81. The molecule has 0 spiro atoms. The number of phenolic OH excluding ortho intramolecular Hbond substituents is 1. The minimum Gasteiger partial charge on any atom is -0.508 e. The van der Waals surface area contributed by atoms with E-state index in [0.717, 1.165) is 26.5 Å². The highest BCUT2D eigenvalue weighted by atomic mass is 79.9. The third kappa shape index (κ3) is 2.70. The number of benzene rings is 3. The van der Waals surface area contributed by atoms with Crippen molar-refractivity contribution in [2.45, 2.75) is 6.92 Å². The van der Waals surface area contributed by atoms with Crippen molar-refractivity contribution in [3.05, 3.63) is 70.2 Å². The van der Waals surface area contributed by atoms with Gasteiger partial charge in [-0.3, -0.25) is 4.79 Å². The standard InChI is InChI=1S/C18H14BrNO2/c1-11-14-8-6-13(10-12(14)7-9-17(11)21)18(22)20-16-5-3-2-4-15(16)19/h2-10,21H,1H3,(H,20,22). The Labute approximate surface area is 136 Å². The van der Waals surface area contributed by atoms with Crippen molar-refractivity contribution in [3.63, 3.8) is 0 Å². The van der Waals surface area contributed by atoms with Crippen molar-refractivity contribution in [3.8, 4) is 5.75 Å². The van der Waals surface area contributed by atoms with Gasteiger partial charge in [-0.25, -0.2) is 0 Å². The number of nitrogens with one attached hydrogen (secondary N) is 1. The maximum absolute atomic E-state index is 12.4. The van der Waals surface area contributed by atoms with E-state index < -0.39 is 0 Å². The number of aryl methyl sites for hydroxylation is 1. The predicted octanol–water partition coefficient (Wildman–Crippen LogP) is 4.87. The predicted molar refractivity (Wildman–Crippen MR) is 92.4 cm³/mol. The third-order valence-corrected chi connectivity index (χ3v) is 4.34. The number of aromatic hydroxyl groups is 1. The van der Waals surface area contributed by atoms with Gasteiger partial charge in [0.05, 0.1) is 5.69 Å². The van der Waals surface area contributed by atoms with Gasteiger partial charge in [0, 0.05) is 10.0 Å². The van der Waals surface area contributed by atoms with Crippen molar-refractivity contribution in [1.29, 1.82) is 0 Å². The Morgan fingerprint density at radius 3 is 2.64 bits per heavy atom. The van der Waals surface area contributed by atoms with Crippen molar-refractivity contribution in [1.82, 2.24) is 0 Å². The topological polar surface area (TPSA) is 49.3 Å². The third-order valence-electron chi connectivity index (χ3n) is 3.64. The molecule has 3 rings (SSSR count). The Morgan fingerprint density at radius 1 is 1.09 bits per heavy atom. The van der Waals surface area contributed by atoms with Crippen LogP contribution in [0.1, 0.15) is 15.9 Å². The van der Waals surface area contributed by atoms with E-state index in [4.69, 9.17) is 0 Å². The van der Waals surface area contributed by atoms with Gasteiger partial charge in [0.1, 0.15) is 5.75 Å². The number of hydrogen-bond donors (Lipinski definition) is 2. The number of para-hydroxylation sites is 1. The molecule has 0 aliphatic carbocycles. The normalized spacial score (nSPS) is 10.6. The molecule has 22 heavy (non-hydrogen) atoms. The molecule has 4 heteroatoms. The molecule has 0 saturated carbocycles. The van der Waals surface area contributed by atoms with Gasteiger partial charge in [-0.05, 0) is 69.5 Å². The molecule has 3 nitrogen and oxygen atoms in total. The van der Waals surface area contributed by atoms with Crippen LogP contribution in [0.5, 0.6) is 5.75 Å². The van der Waals surface area contributed by atoms with Crippen LogP contribution in [0.2, 0.25) is 0 Å². The lowest BCUT2D eigenvalue weighted by Crippen LogP contribution is -2.12. The van der Waals surface area contributed by atoms with Gasteiger partial charge >= 0.3 is 0 Å². The molecular weight excluding hydrogens is 342 g/mol. The minimum atomic E-state index is -0.167. The van der Waals surface area contributed by atoms with E-state index in [2.05, 4.69) is 21.2 Å². The van der Waals surface area contributed by atoms with Crippen LogP contribution in [0.3, 0.4) is 0 Å². The number of fused-ring (bicyclic) bond motifs is 1. The largest absolute Gasteiger partial charge is 0.508 e. The van der Waals surface area contributed by atoms with E-state index in [1.807, 2.05) is 49.4 Å². The number of halogens is 1. The summed E-state index contributed by atoms with van der Waals surface area (Å²) in [6.45, 7) is 1.86. The smallest absolute Gasteiger partial charge is 0.255 e. The first-order valence-electron chi connectivity index (χ1n) is 6.84. The van der Waals surface area contributed by atoms with Gasteiger partial charge in [-0.15, -0.1) is 0 Å². The number of carbonyl (C=O) groups is 1. The first kappa shape index (κ1) is 14.6. The molecule has 0 unspecified atom stereocenters. The zero-order chi connectivity index (χ0) is 15.7. The van der Waals surface area contributed by atoms with Crippen LogP contribution in [0.15, 0.2) is 59.1 Å². The number of amides is 1. The summed E-state index contributed by atoms with van der Waals surface area (Å²) < 4.78 is 0.838. The Balaban J connectivity index is 1.95. The zero-order valence-electron chi connectivity index (χ0n) is 11.9. The maximum atomic E-state index is 12.4. The molecule has 3 aromatic rings. The molecule has 0 aliphatic heterocycles. The van der Waals surface area contributed by atoms with E-state index in [0.29, 0.717) is 5.56 Å². The molecule has 0 radical (unpaired) electrons. The molecule has 0 atom stereocenters.